The van der Waals surface area contributed by atoms with Crippen LogP contribution in [-0.4, -0.2) is 83.0 Å². The number of aliphatic hydroxyl groups is 1. The zero-order valence-corrected chi connectivity index (χ0v) is 27.3. The molecule has 0 radical (unpaired) electrons. The number of nitrogens with one attached hydrogen (secondary N) is 6. The molecule has 7 amide bonds. The van der Waals surface area contributed by atoms with Gasteiger partial charge in [0.2, 0.25) is 29.5 Å². The Bertz CT molecular complexity index is 1150. The van der Waals surface area contributed by atoms with Gasteiger partial charge in [-0.15, -0.1) is 0 Å². The largest absolute Gasteiger partial charge is 0.453 e. The summed E-state index contributed by atoms with van der Waals surface area (Å²) in [6.45, 7) is 1.39. The number of anilines is 1. The second-order valence-electron chi connectivity index (χ2n) is 9.82. The summed E-state index contributed by atoms with van der Waals surface area (Å²) in [6, 6.07) is 3.76. The van der Waals surface area contributed by atoms with E-state index in [9.17, 15) is 33.6 Å². The zero-order valence-electron chi connectivity index (χ0n) is 25.1. The normalized spacial score (nSPS) is 11.7. The number of carbonyl (C=O) groups excluding carboxylic acids is 7. The maximum Gasteiger partial charge on any atom is 0.367 e. The number of carbonyl (C=O) groups is 7. The molecule has 16 nitrogen and oxygen atoms in total. The number of amides is 7. The monoisotopic (exact) mass is 747 g/mol. The number of rotatable bonds is 21. The minimum Gasteiger partial charge on any atom is -0.453 e. The van der Waals surface area contributed by atoms with Crippen molar-refractivity contribution >= 4 is 67.8 Å². The molecule has 0 spiro atoms. The fourth-order valence-electron chi connectivity index (χ4n) is 3.80. The quantitative estimate of drug-likeness (QED) is 0.0489. The Morgan fingerprint density at radius 2 is 1.49 bits per heavy atom. The average Bonchev–Trinajstić information content (AvgIpc) is 3.00. The summed E-state index contributed by atoms with van der Waals surface area (Å²) >= 11 is 1.51. The number of halogens is 1. The van der Waals surface area contributed by atoms with Crippen LogP contribution < -0.4 is 37.6 Å². The molecule has 17 heteroatoms. The van der Waals surface area contributed by atoms with Crippen molar-refractivity contribution in [2.45, 2.75) is 70.6 Å². The third-order valence-electron chi connectivity index (χ3n) is 6.12. The van der Waals surface area contributed by atoms with Crippen LogP contribution in [0.4, 0.5) is 15.3 Å². The Labute approximate surface area is 274 Å². The molecule has 1 rings (SSSR count). The fraction of sp³-hybridized carbons (Fsp3) is 0.536. The number of hydrogen-bond acceptors (Lipinski definition) is 9. The molecule has 1 aromatic carbocycles. The third kappa shape index (κ3) is 18.4. The summed E-state index contributed by atoms with van der Waals surface area (Å²) in [5.74, 6) is -2.65. The van der Waals surface area contributed by atoms with E-state index >= 15 is 0 Å². The van der Waals surface area contributed by atoms with Crippen LogP contribution in [0.15, 0.2) is 24.3 Å². The van der Waals surface area contributed by atoms with Crippen LogP contribution in [0.5, 0.6) is 0 Å². The maximum absolute atomic E-state index is 13.0. The fourth-order valence-corrected chi connectivity index (χ4v) is 3.96. The van der Waals surface area contributed by atoms with Gasteiger partial charge >= 0.3 is 10.0 Å². The Morgan fingerprint density at radius 1 is 0.822 bits per heavy atom. The Kier molecular flexibility index (Phi) is 19.5. The van der Waals surface area contributed by atoms with Gasteiger partial charge in [0.15, 0.2) is 0 Å². The molecule has 0 aromatic heterocycles. The maximum atomic E-state index is 13.0. The Hall–Kier alpha value is -4.00. The predicted molar refractivity (Wildman–Crippen MR) is 172 cm³/mol. The molecule has 9 N–H and O–H groups in total. The van der Waals surface area contributed by atoms with Crippen molar-refractivity contribution in [2.24, 2.45) is 5.73 Å². The van der Waals surface area contributed by atoms with E-state index in [0.717, 1.165) is 6.42 Å². The van der Waals surface area contributed by atoms with Gasteiger partial charge in [-0.2, -0.15) is 0 Å². The second kappa shape index (κ2) is 22.5. The van der Waals surface area contributed by atoms with E-state index in [1.54, 1.807) is 24.3 Å². The summed E-state index contributed by atoms with van der Waals surface area (Å²) < 4.78 is 4.47. The van der Waals surface area contributed by atoms with E-state index in [-0.39, 0.29) is 57.9 Å². The van der Waals surface area contributed by atoms with Gasteiger partial charge in [0.25, 0.3) is 0 Å². The van der Waals surface area contributed by atoms with E-state index in [1.807, 2.05) is 6.92 Å². The minimum absolute atomic E-state index is 0.0129. The van der Waals surface area contributed by atoms with Crippen molar-refractivity contribution in [1.82, 2.24) is 26.6 Å². The van der Waals surface area contributed by atoms with E-state index in [1.165, 1.54) is 22.6 Å². The van der Waals surface area contributed by atoms with Crippen molar-refractivity contribution < 1.29 is 43.4 Å². The van der Waals surface area contributed by atoms with Crippen molar-refractivity contribution in [3.63, 3.8) is 0 Å². The number of primary amides is 1. The third-order valence-corrected chi connectivity index (χ3v) is 6.43. The number of hydrogen-bond donors (Lipinski definition) is 8. The Balaban J connectivity index is 2.73. The van der Waals surface area contributed by atoms with Crippen molar-refractivity contribution in [3.05, 3.63) is 29.8 Å². The van der Waals surface area contributed by atoms with Gasteiger partial charge in [-0.25, -0.2) is 9.59 Å². The molecule has 2 atom stereocenters. The smallest absolute Gasteiger partial charge is 0.367 e. The van der Waals surface area contributed by atoms with Crippen molar-refractivity contribution in [3.8, 4) is 0 Å². The van der Waals surface area contributed by atoms with Gasteiger partial charge < -0.3 is 47.5 Å². The molecule has 0 saturated heterocycles. The number of urea groups is 1. The van der Waals surface area contributed by atoms with Crippen LogP contribution in [0.25, 0.3) is 0 Å². The van der Waals surface area contributed by atoms with Crippen LogP contribution in [0.2, 0.25) is 0 Å². The highest BCUT2D eigenvalue weighted by Gasteiger charge is 2.23. The number of nitrogens with two attached hydrogens (primary N) is 1. The lowest BCUT2D eigenvalue weighted by atomic mass is 10.1. The SMILES string of the molecule is CCCCC(=O)NC(CCC(=O)NCC(=O)NC(CCCNC(N)=O)C(=O)Nc1ccc(COC(=O)I)cc1)C(=O)NCCO. The van der Waals surface area contributed by atoms with Crippen LogP contribution >= 0.6 is 22.6 Å². The summed E-state index contributed by atoms with van der Waals surface area (Å²) in [6.07, 6.45) is 1.86. The molecule has 45 heavy (non-hydrogen) atoms. The van der Waals surface area contributed by atoms with Gasteiger partial charge in [0, 0.05) is 31.6 Å². The lowest BCUT2D eigenvalue weighted by Gasteiger charge is -2.19. The average molecular weight is 748 g/mol. The number of aliphatic hydroxyl groups excluding tert-OH is 1. The van der Waals surface area contributed by atoms with E-state index in [2.05, 4.69) is 31.9 Å². The first-order chi connectivity index (χ1) is 21.4. The summed E-state index contributed by atoms with van der Waals surface area (Å²) in [5, 5.41) is 24.1. The van der Waals surface area contributed by atoms with Gasteiger partial charge in [-0.3, -0.25) is 24.0 Å². The zero-order chi connectivity index (χ0) is 33.6. The van der Waals surface area contributed by atoms with E-state index in [4.69, 9.17) is 15.6 Å². The summed E-state index contributed by atoms with van der Waals surface area (Å²) in [4.78, 5) is 84.6. The predicted octanol–water partition coefficient (Wildman–Crippen LogP) is 0.310. The molecule has 0 heterocycles. The first-order valence-corrected chi connectivity index (χ1v) is 15.5. The first-order valence-electron chi connectivity index (χ1n) is 14.4. The second-order valence-corrected chi connectivity index (χ2v) is 10.7. The standard InChI is InChI=1S/C28H42IN7O9/c1-2-3-6-23(39)35-21(25(41)31-14-15-37)11-12-22(38)33-16-24(40)36-20(5-4-13-32-28(30)44)26(42)34-19-9-7-18(8-10-19)17-45-27(29)43/h7-10,20-21,37H,2-6,11-17H2,1H3,(H,31,41)(H,33,38)(H,34,42)(H,35,39)(H,36,40)(H3,30,32,44). The molecule has 0 aliphatic carbocycles. The Morgan fingerprint density at radius 3 is 2.11 bits per heavy atom. The molecule has 1 aromatic rings. The molecular weight excluding hydrogens is 705 g/mol. The minimum atomic E-state index is -1.03. The van der Waals surface area contributed by atoms with Crippen molar-refractivity contribution in [2.75, 3.05) is 31.6 Å². The summed E-state index contributed by atoms with van der Waals surface area (Å²) in [5.41, 5.74) is 6.20. The van der Waals surface area contributed by atoms with Gasteiger partial charge in [-0.1, -0.05) is 25.5 Å². The van der Waals surface area contributed by atoms with E-state index < -0.39 is 52.3 Å². The van der Waals surface area contributed by atoms with Crippen LogP contribution in [0.3, 0.4) is 0 Å². The highest BCUT2D eigenvalue weighted by molar-refractivity contribution is 14.1. The van der Waals surface area contributed by atoms with Crippen LogP contribution in [0.1, 0.15) is 57.4 Å². The van der Waals surface area contributed by atoms with Crippen LogP contribution in [0, 0.1) is 0 Å². The topological polar surface area (TPSA) is 247 Å². The molecule has 0 aliphatic heterocycles. The summed E-state index contributed by atoms with van der Waals surface area (Å²) in [7, 11) is 0. The number of benzene rings is 1. The molecule has 0 saturated carbocycles. The van der Waals surface area contributed by atoms with Gasteiger partial charge in [0.05, 0.1) is 35.7 Å². The molecule has 0 bridgehead atoms. The lowest BCUT2D eigenvalue weighted by molar-refractivity contribution is -0.130. The molecule has 2 unspecified atom stereocenters. The first kappa shape index (κ1) is 39.0. The lowest BCUT2D eigenvalue weighted by Crippen LogP contribution is -2.49. The molecular formula is C28H42IN7O9. The van der Waals surface area contributed by atoms with Gasteiger partial charge in [0.1, 0.15) is 18.7 Å². The number of ether oxygens (including phenoxy) is 1. The molecule has 0 fully saturated rings. The molecule has 0 aliphatic rings. The van der Waals surface area contributed by atoms with Gasteiger partial charge in [-0.05, 0) is 43.4 Å². The molecule has 250 valence electrons. The highest BCUT2D eigenvalue weighted by atomic mass is 127. The number of unbranched alkanes of at least 4 members (excludes halogenated alkanes) is 1. The highest BCUT2D eigenvalue weighted by Crippen LogP contribution is 2.12. The van der Waals surface area contributed by atoms with E-state index in [0.29, 0.717) is 24.1 Å². The van der Waals surface area contributed by atoms with Crippen LogP contribution in [-0.2, 0) is 35.3 Å². The van der Waals surface area contributed by atoms with Crippen molar-refractivity contribution in [1.29, 1.82) is 0 Å².